The lowest BCUT2D eigenvalue weighted by molar-refractivity contribution is 0.406. The molecule has 1 aliphatic rings. The largest absolute Gasteiger partial charge is 0.509 e. The van der Waals surface area contributed by atoms with Gasteiger partial charge in [0.15, 0.2) is 0 Å². The molecule has 1 aliphatic heterocycles. The number of hydrogen-bond donors (Lipinski definition) is 3. The van der Waals surface area contributed by atoms with E-state index in [4.69, 9.17) is 10.1 Å². The number of aliphatic hydroxyl groups excluding tert-OH is 1. The third-order valence-corrected chi connectivity index (χ3v) is 4.88. The molecule has 4 rings (SSSR count). The Morgan fingerprint density at radius 3 is 2.85 bits per heavy atom. The fourth-order valence-electron chi connectivity index (χ4n) is 3.12. The average Bonchev–Trinajstić information content (AvgIpc) is 2.96. The van der Waals surface area contributed by atoms with Crippen molar-refractivity contribution in [2.24, 2.45) is 0 Å². The number of benzene rings is 2. The van der Waals surface area contributed by atoms with E-state index in [1.807, 2.05) is 12.1 Å². The molecule has 0 saturated heterocycles. The van der Waals surface area contributed by atoms with Gasteiger partial charge in [-0.2, -0.15) is 0 Å². The molecule has 0 radical (unpaired) electrons. The Kier molecular flexibility index (Phi) is 4.19. The minimum Gasteiger partial charge on any atom is -0.509 e. The van der Waals surface area contributed by atoms with Crippen LogP contribution < -0.4 is 15.2 Å². The smallest absolute Gasteiger partial charge is 0.259 e. The van der Waals surface area contributed by atoms with Gasteiger partial charge < -0.3 is 19.7 Å². The van der Waals surface area contributed by atoms with E-state index in [0.29, 0.717) is 22.3 Å². The van der Waals surface area contributed by atoms with Gasteiger partial charge in [-0.25, -0.2) is 4.98 Å². The Morgan fingerprint density at radius 2 is 2.07 bits per heavy atom. The quantitative estimate of drug-likeness (QED) is 0.594. The Bertz CT molecular complexity index is 1170. The summed E-state index contributed by atoms with van der Waals surface area (Å²) >= 11 is 3.34. The van der Waals surface area contributed by atoms with Gasteiger partial charge in [0, 0.05) is 4.47 Å². The number of nitrogens with zero attached hydrogens (tertiary/aromatic N) is 2. The molecule has 1 aromatic heterocycles. The average molecular weight is 427 g/mol. The first kappa shape index (κ1) is 17.3. The third-order valence-electron chi connectivity index (χ3n) is 4.38. The van der Waals surface area contributed by atoms with Crippen LogP contribution in [-0.4, -0.2) is 34.6 Å². The molecule has 136 valence electrons. The van der Waals surface area contributed by atoms with Crippen LogP contribution in [0.5, 0.6) is 5.75 Å². The molecular weight excluding hydrogens is 412 g/mol. The molecular formula is C19H15BrN4O3. The number of nitrogens with one attached hydrogen (secondary N) is 2. The van der Waals surface area contributed by atoms with Crippen molar-refractivity contribution in [3.63, 3.8) is 0 Å². The Hall–Kier alpha value is -3.13. The molecule has 3 N–H and O–H groups in total. The SMILES string of the molecule is COc1ccccc1N1CC(O)=C(c2nc3ccc(Br)cc3c(=O)[nH]2)C1=N. The molecule has 0 amide bonds. The van der Waals surface area contributed by atoms with E-state index >= 15 is 0 Å². The summed E-state index contributed by atoms with van der Waals surface area (Å²) in [6, 6.07) is 12.4. The summed E-state index contributed by atoms with van der Waals surface area (Å²) in [5, 5.41) is 19.5. The lowest BCUT2D eigenvalue weighted by Crippen LogP contribution is -2.27. The van der Waals surface area contributed by atoms with Gasteiger partial charge in [-0.1, -0.05) is 28.1 Å². The number of fused-ring (bicyclic) bond motifs is 1. The van der Waals surface area contributed by atoms with Crippen LogP contribution in [0, 0.1) is 5.41 Å². The van der Waals surface area contributed by atoms with E-state index in [1.54, 1.807) is 42.3 Å². The first-order valence-corrected chi connectivity index (χ1v) is 8.90. The van der Waals surface area contributed by atoms with Crippen molar-refractivity contribution >= 4 is 43.9 Å². The second-order valence-corrected chi connectivity index (χ2v) is 6.92. The molecule has 0 saturated carbocycles. The van der Waals surface area contributed by atoms with Gasteiger partial charge in [-0.3, -0.25) is 10.2 Å². The first-order chi connectivity index (χ1) is 13.0. The van der Waals surface area contributed by atoms with Gasteiger partial charge in [-0.15, -0.1) is 0 Å². The monoisotopic (exact) mass is 426 g/mol. The van der Waals surface area contributed by atoms with Crippen molar-refractivity contribution in [3.8, 4) is 5.75 Å². The fourth-order valence-corrected chi connectivity index (χ4v) is 3.48. The van der Waals surface area contributed by atoms with Gasteiger partial charge in [0.2, 0.25) is 0 Å². The molecule has 2 heterocycles. The molecule has 0 fully saturated rings. The van der Waals surface area contributed by atoms with Crippen molar-refractivity contribution in [1.29, 1.82) is 5.41 Å². The van der Waals surface area contributed by atoms with E-state index in [9.17, 15) is 9.90 Å². The number of aromatic amines is 1. The summed E-state index contributed by atoms with van der Waals surface area (Å²) in [7, 11) is 1.55. The van der Waals surface area contributed by atoms with Crippen molar-refractivity contribution in [3.05, 3.63) is 68.9 Å². The second kappa shape index (κ2) is 6.55. The standard InChI is InChI=1S/C19H15BrN4O3/c1-27-15-5-3-2-4-13(15)24-9-14(25)16(17(24)21)18-22-12-7-6-10(20)8-11(12)19(26)23-18/h2-8,21,25H,9H2,1H3,(H,22,23,26). The number of anilines is 1. The molecule has 7 nitrogen and oxygen atoms in total. The minimum absolute atomic E-state index is 0.0366. The van der Waals surface area contributed by atoms with Crippen LogP contribution in [0.2, 0.25) is 0 Å². The van der Waals surface area contributed by atoms with Crippen LogP contribution in [0.1, 0.15) is 5.82 Å². The summed E-state index contributed by atoms with van der Waals surface area (Å²) in [4.78, 5) is 21.2. The minimum atomic E-state index is -0.333. The number of amidine groups is 1. The number of rotatable bonds is 3. The van der Waals surface area contributed by atoms with Crippen LogP contribution in [-0.2, 0) is 0 Å². The highest BCUT2D eigenvalue weighted by atomic mass is 79.9. The molecule has 0 unspecified atom stereocenters. The van der Waals surface area contributed by atoms with Crippen LogP contribution in [0.15, 0.2) is 57.5 Å². The lowest BCUT2D eigenvalue weighted by Gasteiger charge is -2.21. The summed E-state index contributed by atoms with van der Waals surface area (Å²) in [6.07, 6.45) is 0. The van der Waals surface area contributed by atoms with E-state index in [2.05, 4.69) is 25.9 Å². The Balaban J connectivity index is 1.80. The summed E-state index contributed by atoms with van der Waals surface area (Å²) in [5.41, 5.74) is 1.00. The van der Waals surface area contributed by atoms with E-state index in [-0.39, 0.29) is 35.1 Å². The zero-order valence-electron chi connectivity index (χ0n) is 14.3. The highest BCUT2D eigenvalue weighted by molar-refractivity contribution is 9.10. The third kappa shape index (κ3) is 2.87. The van der Waals surface area contributed by atoms with Crippen LogP contribution in [0.25, 0.3) is 16.5 Å². The van der Waals surface area contributed by atoms with Crippen molar-refractivity contribution in [2.75, 3.05) is 18.6 Å². The first-order valence-electron chi connectivity index (χ1n) is 8.11. The number of halogens is 1. The van der Waals surface area contributed by atoms with Gasteiger partial charge >= 0.3 is 0 Å². The van der Waals surface area contributed by atoms with Gasteiger partial charge in [0.25, 0.3) is 5.56 Å². The molecule has 0 atom stereocenters. The van der Waals surface area contributed by atoms with E-state index in [1.165, 1.54) is 0 Å². The number of aliphatic hydroxyl groups is 1. The van der Waals surface area contributed by atoms with Crippen LogP contribution in [0.4, 0.5) is 5.69 Å². The zero-order chi connectivity index (χ0) is 19.1. The Morgan fingerprint density at radius 1 is 1.30 bits per heavy atom. The van der Waals surface area contributed by atoms with Gasteiger partial charge in [0.1, 0.15) is 23.2 Å². The lowest BCUT2D eigenvalue weighted by atomic mass is 10.2. The zero-order valence-corrected chi connectivity index (χ0v) is 15.9. The number of ether oxygens (including phenoxy) is 1. The second-order valence-electron chi connectivity index (χ2n) is 6.00. The number of hydrogen-bond acceptors (Lipinski definition) is 5. The Labute approximate surface area is 162 Å². The predicted octanol–water partition coefficient (Wildman–Crippen LogP) is 3.46. The fraction of sp³-hybridized carbons (Fsp3) is 0.105. The van der Waals surface area contributed by atoms with Crippen LogP contribution in [0.3, 0.4) is 0 Å². The summed E-state index contributed by atoms with van der Waals surface area (Å²) in [5.74, 6) is 0.748. The maximum Gasteiger partial charge on any atom is 0.259 e. The highest BCUT2D eigenvalue weighted by Crippen LogP contribution is 2.35. The topological polar surface area (TPSA) is 102 Å². The van der Waals surface area contributed by atoms with Gasteiger partial charge in [-0.05, 0) is 30.3 Å². The maximum absolute atomic E-state index is 12.4. The molecule has 8 heteroatoms. The van der Waals surface area contributed by atoms with Gasteiger partial charge in [0.05, 0.1) is 35.8 Å². The molecule has 0 aliphatic carbocycles. The molecule has 2 aromatic carbocycles. The number of aromatic nitrogens is 2. The van der Waals surface area contributed by atoms with Crippen molar-refractivity contribution in [2.45, 2.75) is 0 Å². The highest BCUT2D eigenvalue weighted by Gasteiger charge is 2.32. The number of para-hydroxylation sites is 2. The normalized spacial score (nSPS) is 14.3. The van der Waals surface area contributed by atoms with Crippen molar-refractivity contribution in [1.82, 2.24) is 9.97 Å². The van der Waals surface area contributed by atoms with Crippen molar-refractivity contribution < 1.29 is 9.84 Å². The number of methoxy groups -OCH3 is 1. The number of H-pyrrole nitrogens is 1. The van der Waals surface area contributed by atoms with Crippen LogP contribution >= 0.6 is 15.9 Å². The molecule has 27 heavy (non-hydrogen) atoms. The van der Waals surface area contributed by atoms with E-state index in [0.717, 1.165) is 4.47 Å². The molecule has 3 aromatic rings. The summed E-state index contributed by atoms with van der Waals surface area (Å²) < 4.78 is 6.13. The predicted molar refractivity (Wildman–Crippen MR) is 108 cm³/mol. The summed E-state index contributed by atoms with van der Waals surface area (Å²) in [6.45, 7) is 0.0939. The van der Waals surface area contributed by atoms with E-state index < -0.39 is 0 Å². The molecule has 0 spiro atoms. The molecule has 0 bridgehead atoms. The maximum atomic E-state index is 12.4.